The number of nitrogens with zero attached hydrogens (tertiary/aromatic N) is 1. The van der Waals surface area contributed by atoms with E-state index in [9.17, 15) is 9.18 Å². The maximum absolute atomic E-state index is 14.0. The molecule has 1 aromatic carbocycles. The summed E-state index contributed by atoms with van der Waals surface area (Å²) >= 11 is 0. The Kier molecular flexibility index (Phi) is 4.70. The molecule has 0 aromatic heterocycles. The van der Waals surface area contributed by atoms with Gasteiger partial charge in [0.25, 0.3) is 0 Å². The molecule has 1 fully saturated rings. The minimum absolute atomic E-state index is 0.110. The highest BCUT2D eigenvalue weighted by Crippen LogP contribution is 2.30. The lowest BCUT2D eigenvalue weighted by molar-refractivity contribution is -0.118. The third-order valence-electron chi connectivity index (χ3n) is 3.87. The number of hydrogen-bond donors (Lipinski definition) is 0. The summed E-state index contributed by atoms with van der Waals surface area (Å²) in [4.78, 5) is 13.8. The number of rotatable bonds is 4. The van der Waals surface area contributed by atoms with Crippen LogP contribution in [0.4, 0.5) is 4.39 Å². The van der Waals surface area contributed by atoms with Crippen molar-refractivity contribution in [2.75, 3.05) is 13.1 Å². The van der Waals surface area contributed by atoms with Crippen LogP contribution in [0.1, 0.15) is 44.7 Å². The molecule has 104 valence electrons. The molecule has 1 heterocycles. The second kappa shape index (κ2) is 6.29. The van der Waals surface area contributed by atoms with Gasteiger partial charge >= 0.3 is 0 Å². The molecule has 0 radical (unpaired) electrons. The number of carbonyl (C=O) groups excluding carboxylic acids is 1. The van der Waals surface area contributed by atoms with Crippen molar-refractivity contribution in [3.05, 3.63) is 35.6 Å². The van der Waals surface area contributed by atoms with E-state index >= 15 is 0 Å². The lowest BCUT2D eigenvalue weighted by Gasteiger charge is -2.37. The van der Waals surface area contributed by atoms with Gasteiger partial charge in [0, 0.05) is 24.6 Å². The molecule has 19 heavy (non-hydrogen) atoms. The fourth-order valence-electron chi connectivity index (χ4n) is 2.96. The van der Waals surface area contributed by atoms with Crippen molar-refractivity contribution in [2.45, 2.75) is 39.2 Å². The molecule has 0 N–H and O–H groups in total. The van der Waals surface area contributed by atoms with Gasteiger partial charge in [0.2, 0.25) is 0 Å². The van der Waals surface area contributed by atoms with Crippen molar-refractivity contribution in [1.29, 1.82) is 0 Å². The van der Waals surface area contributed by atoms with Crippen molar-refractivity contribution in [3.63, 3.8) is 0 Å². The number of halogens is 1. The molecule has 1 aromatic rings. The number of benzene rings is 1. The third-order valence-corrected chi connectivity index (χ3v) is 3.87. The summed E-state index contributed by atoms with van der Waals surface area (Å²) in [5, 5.41) is 0. The van der Waals surface area contributed by atoms with Crippen molar-refractivity contribution < 1.29 is 9.18 Å². The van der Waals surface area contributed by atoms with Crippen LogP contribution < -0.4 is 0 Å². The molecule has 2 unspecified atom stereocenters. The monoisotopic (exact) mass is 263 g/mol. The van der Waals surface area contributed by atoms with Crippen LogP contribution in [0, 0.1) is 11.7 Å². The molecule has 0 aliphatic carbocycles. The van der Waals surface area contributed by atoms with Crippen molar-refractivity contribution in [1.82, 2.24) is 4.90 Å². The Morgan fingerprint density at radius 2 is 2.21 bits per heavy atom. The molecule has 0 spiro atoms. The Labute approximate surface area is 114 Å². The summed E-state index contributed by atoms with van der Waals surface area (Å²) in [5.41, 5.74) is 0.659. The number of carbonyl (C=O) groups is 1. The second-order valence-electron chi connectivity index (χ2n) is 5.69. The van der Waals surface area contributed by atoms with Gasteiger partial charge in [-0.25, -0.2) is 4.39 Å². The third kappa shape index (κ3) is 3.63. The Morgan fingerprint density at radius 3 is 2.84 bits per heavy atom. The molecular weight excluding hydrogens is 241 g/mol. The van der Waals surface area contributed by atoms with Gasteiger partial charge in [-0.1, -0.05) is 25.1 Å². The van der Waals surface area contributed by atoms with E-state index in [1.54, 1.807) is 13.0 Å². The molecule has 1 aliphatic heterocycles. The predicted octanol–water partition coefficient (Wildman–Crippen LogP) is 3.58. The smallest absolute Gasteiger partial charge is 0.131 e. The van der Waals surface area contributed by atoms with Gasteiger partial charge in [0.15, 0.2) is 0 Å². The van der Waals surface area contributed by atoms with Gasteiger partial charge in [0.1, 0.15) is 11.6 Å². The Bertz CT molecular complexity index is 446. The van der Waals surface area contributed by atoms with Gasteiger partial charge in [-0.15, -0.1) is 0 Å². The highest BCUT2D eigenvalue weighted by molar-refractivity contribution is 5.76. The largest absolute Gasteiger partial charge is 0.300 e. The van der Waals surface area contributed by atoms with Crippen LogP contribution in [0.3, 0.4) is 0 Å². The second-order valence-corrected chi connectivity index (χ2v) is 5.69. The van der Waals surface area contributed by atoms with E-state index in [-0.39, 0.29) is 17.6 Å². The van der Waals surface area contributed by atoms with Crippen LogP contribution in [0.5, 0.6) is 0 Å². The topological polar surface area (TPSA) is 20.3 Å². The van der Waals surface area contributed by atoms with Gasteiger partial charge in [-0.2, -0.15) is 0 Å². The van der Waals surface area contributed by atoms with E-state index in [1.807, 2.05) is 12.1 Å². The Hall–Kier alpha value is -1.22. The number of hydrogen-bond acceptors (Lipinski definition) is 2. The number of ketones is 1. The van der Waals surface area contributed by atoms with Crippen molar-refractivity contribution in [3.8, 4) is 0 Å². The Balaban J connectivity index is 2.25. The van der Waals surface area contributed by atoms with E-state index in [4.69, 9.17) is 0 Å². The molecular formula is C16H22FNO. The summed E-state index contributed by atoms with van der Waals surface area (Å²) in [7, 11) is 0. The van der Waals surface area contributed by atoms with Crippen LogP contribution in [-0.4, -0.2) is 23.8 Å². The Morgan fingerprint density at radius 1 is 1.47 bits per heavy atom. The van der Waals surface area contributed by atoms with Crippen LogP contribution in [-0.2, 0) is 4.79 Å². The fourth-order valence-corrected chi connectivity index (χ4v) is 2.96. The minimum Gasteiger partial charge on any atom is -0.300 e. The maximum atomic E-state index is 14.0. The van der Waals surface area contributed by atoms with Gasteiger partial charge in [-0.05, 0) is 38.3 Å². The molecule has 0 saturated carbocycles. The normalized spacial score (nSPS) is 22.2. The van der Waals surface area contributed by atoms with Crippen LogP contribution in [0.15, 0.2) is 24.3 Å². The van der Waals surface area contributed by atoms with Gasteiger partial charge in [0.05, 0.1) is 0 Å². The average molecular weight is 263 g/mol. The SMILES string of the molecule is CC(=O)CC(c1ccccc1F)N1CCCC(C)C1. The zero-order valence-electron chi connectivity index (χ0n) is 11.7. The molecule has 2 atom stereocenters. The van der Waals surface area contributed by atoms with Crippen LogP contribution in [0.2, 0.25) is 0 Å². The summed E-state index contributed by atoms with van der Waals surface area (Å²) in [5.74, 6) is 0.536. The van der Waals surface area contributed by atoms with Crippen molar-refractivity contribution >= 4 is 5.78 Å². The molecule has 2 nitrogen and oxygen atoms in total. The quantitative estimate of drug-likeness (QED) is 0.827. The lowest BCUT2D eigenvalue weighted by Crippen LogP contribution is -2.38. The molecule has 1 aliphatic rings. The van der Waals surface area contributed by atoms with Crippen molar-refractivity contribution in [2.24, 2.45) is 5.92 Å². The summed E-state index contributed by atoms with van der Waals surface area (Å²) < 4.78 is 14.0. The minimum atomic E-state index is -0.202. The average Bonchev–Trinajstić information content (AvgIpc) is 2.37. The summed E-state index contributed by atoms with van der Waals surface area (Å²) in [6, 6.07) is 6.72. The zero-order chi connectivity index (χ0) is 13.8. The summed E-state index contributed by atoms with van der Waals surface area (Å²) in [6.07, 6.45) is 2.75. The van der Waals surface area contributed by atoms with Crippen LogP contribution >= 0.6 is 0 Å². The van der Waals surface area contributed by atoms with E-state index in [0.29, 0.717) is 17.9 Å². The fraction of sp³-hybridized carbons (Fsp3) is 0.562. The highest BCUT2D eigenvalue weighted by atomic mass is 19.1. The first-order valence-corrected chi connectivity index (χ1v) is 7.06. The van der Waals surface area contributed by atoms with E-state index in [1.165, 1.54) is 12.5 Å². The first-order valence-electron chi connectivity index (χ1n) is 7.06. The molecule has 3 heteroatoms. The number of Topliss-reactive ketones (excluding diaryl/α,β-unsaturated/α-hetero) is 1. The van der Waals surface area contributed by atoms with Gasteiger partial charge in [-0.3, -0.25) is 9.69 Å². The standard InChI is InChI=1S/C16H22FNO/c1-12-6-5-9-18(11-12)16(10-13(2)19)14-7-3-4-8-15(14)17/h3-4,7-8,12,16H,5-6,9-11H2,1-2H3. The number of likely N-dealkylation sites (tertiary alicyclic amines) is 1. The van der Waals surface area contributed by atoms with Gasteiger partial charge < -0.3 is 0 Å². The zero-order valence-corrected chi connectivity index (χ0v) is 11.7. The van der Waals surface area contributed by atoms with E-state index in [2.05, 4.69) is 11.8 Å². The van der Waals surface area contributed by atoms with Crippen LogP contribution in [0.25, 0.3) is 0 Å². The number of piperidine rings is 1. The molecule has 0 bridgehead atoms. The van der Waals surface area contributed by atoms with E-state index < -0.39 is 0 Å². The van der Waals surface area contributed by atoms with E-state index in [0.717, 1.165) is 19.5 Å². The first-order chi connectivity index (χ1) is 9.08. The lowest BCUT2D eigenvalue weighted by atomic mass is 9.93. The first kappa shape index (κ1) is 14.2. The predicted molar refractivity (Wildman–Crippen MR) is 74.4 cm³/mol. The highest BCUT2D eigenvalue weighted by Gasteiger charge is 2.27. The summed E-state index contributed by atoms with van der Waals surface area (Å²) in [6.45, 7) is 5.71. The molecule has 0 amide bonds. The maximum Gasteiger partial charge on any atom is 0.131 e. The molecule has 2 rings (SSSR count). The molecule has 1 saturated heterocycles.